The monoisotopic (exact) mass is 294 g/mol. The van der Waals surface area contributed by atoms with Crippen molar-refractivity contribution < 1.29 is 0 Å². The van der Waals surface area contributed by atoms with Crippen molar-refractivity contribution in [2.75, 3.05) is 27.2 Å². The van der Waals surface area contributed by atoms with Crippen molar-refractivity contribution in [3.63, 3.8) is 0 Å². The lowest BCUT2D eigenvalue weighted by Gasteiger charge is -2.43. The topological polar surface area (TPSA) is 6.48 Å². The summed E-state index contributed by atoms with van der Waals surface area (Å²) in [6, 6.07) is 22.9. The summed E-state index contributed by atoms with van der Waals surface area (Å²) in [4.78, 5) is 5.08. The maximum atomic E-state index is 2.54. The Bertz CT molecular complexity index is 513. The minimum Gasteiger partial charge on any atom is -0.300 e. The van der Waals surface area contributed by atoms with Crippen molar-refractivity contribution >= 4 is 0 Å². The smallest absolute Gasteiger partial charge is 0.0261 e. The second kappa shape index (κ2) is 7.08. The van der Waals surface area contributed by atoms with E-state index < -0.39 is 0 Å². The Hall–Kier alpha value is -1.64. The Kier molecular flexibility index (Phi) is 4.91. The van der Waals surface area contributed by atoms with E-state index in [1.54, 1.807) is 0 Å². The molecule has 1 aliphatic heterocycles. The molecule has 0 N–H and O–H groups in total. The van der Waals surface area contributed by atoms with Gasteiger partial charge in [-0.2, -0.15) is 0 Å². The van der Waals surface area contributed by atoms with Crippen LogP contribution in [0.2, 0.25) is 0 Å². The van der Waals surface area contributed by atoms with Gasteiger partial charge < -0.3 is 9.80 Å². The van der Waals surface area contributed by atoms with Gasteiger partial charge in [0.25, 0.3) is 0 Å². The van der Waals surface area contributed by atoms with Crippen molar-refractivity contribution in [2.45, 2.75) is 24.9 Å². The summed E-state index contributed by atoms with van der Waals surface area (Å²) in [5.74, 6) is 0. The second-order valence-corrected chi connectivity index (χ2v) is 6.57. The molecule has 2 aromatic carbocycles. The highest BCUT2D eigenvalue weighted by Crippen LogP contribution is 2.19. The number of piperazine rings is 1. The summed E-state index contributed by atoms with van der Waals surface area (Å²) < 4.78 is 0. The third kappa shape index (κ3) is 3.76. The lowest BCUT2D eigenvalue weighted by molar-refractivity contribution is 0.0633. The highest BCUT2D eigenvalue weighted by atomic mass is 15.3. The summed E-state index contributed by atoms with van der Waals surface area (Å²) in [5.41, 5.74) is 2.88. The Balaban J connectivity index is 1.61. The van der Waals surface area contributed by atoms with E-state index in [4.69, 9.17) is 0 Å². The Morgan fingerprint density at radius 1 is 0.682 bits per heavy atom. The quantitative estimate of drug-likeness (QED) is 0.855. The minimum atomic E-state index is 0.611. The van der Waals surface area contributed by atoms with Crippen LogP contribution in [0.15, 0.2) is 60.7 Å². The van der Waals surface area contributed by atoms with Crippen molar-refractivity contribution in [3.05, 3.63) is 71.8 Å². The van der Waals surface area contributed by atoms with Crippen LogP contribution in [-0.2, 0) is 12.8 Å². The first-order chi connectivity index (χ1) is 10.7. The predicted molar refractivity (Wildman–Crippen MR) is 93.1 cm³/mol. The number of hydrogen-bond donors (Lipinski definition) is 0. The summed E-state index contributed by atoms with van der Waals surface area (Å²) >= 11 is 0. The van der Waals surface area contributed by atoms with Crippen LogP contribution in [0.5, 0.6) is 0 Å². The summed E-state index contributed by atoms with van der Waals surface area (Å²) in [7, 11) is 4.55. The first-order valence-corrected chi connectivity index (χ1v) is 8.20. The van der Waals surface area contributed by atoms with E-state index in [1.165, 1.54) is 11.1 Å². The molecule has 2 aromatic rings. The lowest BCUT2D eigenvalue weighted by atomic mass is 9.97. The molecular formula is C20H26N2. The van der Waals surface area contributed by atoms with Crippen LogP contribution in [0.25, 0.3) is 0 Å². The molecule has 2 heteroatoms. The first-order valence-electron chi connectivity index (χ1n) is 8.20. The average Bonchev–Trinajstić information content (AvgIpc) is 2.54. The standard InChI is InChI=1S/C20H26N2/c1-21-15-20(14-18-11-7-4-8-12-18)22(2)16-19(21)13-17-9-5-3-6-10-17/h3-12,19-20H,13-16H2,1-2H3/t19-,20-/m1/s1. The molecule has 0 amide bonds. The number of nitrogens with zero attached hydrogens (tertiary/aromatic N) is 2. The van der Waals surface area contributed by atoms with Gasteiger partial charge in [-0.05, 0) is 38.1 Å². The fourth-order valence-corrected chi connectivity index (χ4v) is 3.45. The van der Waals surface area contributed by atoms with Crippen LogP contribution < -0.4 is 0 Å². The maximum Gasteiger partial charge on any atom is 0.0261 e. The van der Waals surface area contributed by atoms with Gasteiger partial charge in [0.2, 0.25) is 0 Å². The van der Waals surface area contributed by atoms with Crippen LogP contribution >= 0.6 is 0 Å². The second-order valence-electron chi connectivity index (χ2n) is 6.57. The van der Waals surface area contributed by atoms with E-state index in [-0.39, 0.29) is 0 Å². The average molecular weight is 294 g/mol. The molecule has 1 aliphatic rings. The van der Waals surface area contributed by atoms with E-state index in [2.05, 4.69) is 84.6 Å². The normalized spacial score (nSPS) is 23.5. The minimum absolute atomic E-state index is 0.611. The molecule has 0 unspecified atom stereocenters. The first kappa shape index (κ1) is 15.3. The van der Waals surface area contributed by atoms with E-state index in [0.717, 1.165) is 25.9 Å². The fourth-order valence-electron chi connectivity index (χ4n) is 3.45. The highest BCUT2D eigenvalue weighted by Gasteiger charge is 2.29. The molecule has 2 nitrogen and oxygen atoms in total. The maximum absolute atomic E-state index is 2.54. The molecule has 0 saturated carbocycles. The molecule has 0 spiro atoms. The molecule has 1 saturated heterocycles. The molecule has 22 heavy (non-hydrogen) atoms. The van der Waals surface area contributed by atoms with Crippen LogP contribution in [0.3, 0.4) is 0 Å². The Morgan fingerprint density at radius 2 is 1.05 bits per heavy atom. The Labute approximate surface area is 134 Å². The van der Waals surface area contributed by atoms with Gasteiger partial charge in [-0.3, -0.25) is 0 Å². The van der Waals surface area contributed by atoms with Gasteiger partial charge in [0, 0.05) is 25.2 Å². The van der Waals surface area contributed by atoms with Crippen LogP contribution in [0.1, 0.15) is 11.1 Å². The van der Waals surface area contributed by atoms with Gasteiger partial charge in [0.05, 0.1) is 0 Å². The van der Waals surface area contributed by atoms with Crippen molar-refractivity contribution in [1.82, 2.24) is 9.80 Å². The number of rotatable bonds is 4. The van der Waals surface area contributed by atoms with Gasteiger partial charge >= 0.3 is 0 Å². The van der Waals surface area contributed by atoms with E-state index >= 15 is 0 Å². The lowest BCUT2D eigenvalue weighted by Crippen LogP contribution is -2.56. The van der Waals surface area contributed by atoms with Crippen LogP contribution in [0.4, 0.5) is 0 Å². The van der Waals surface area contributed by atoms with E-state index in [0.29, 0.717) is 12.1 Å². The number of likely N-dealkylation sites (N-methyl/N-ethyl adjacent to an activating group) is 2. The fraction of sp³-hybridized carbons (Fsp3) is 0.400. The predicted octanol–water partition coefficient (Wildman–Crippen LogP) is 3.09. The molecule has 1 heterocycles. The molecule has 0 bridgehead atoms. The summed E-state index contributed by atoms with van der Waals surface area (Å²) in [5, 5.41) is 0. The number of hydrogen-bond acceptors (Lipinski definition) is 2. The zero-order valence-electron chi connectivity index (χ0n) is 13.7. The summed E-state index contributed by atoms with van der Waals surface area (Å²) in [6.45, 7) is 2.28. The number of benzene rings is 2. The van der Waals surface area contributed by atoms with Gasteiger partial charge in [-0.1, -0.05) is 60.7 Å². The molecular weight excluding hydrogens is 268 g/mol. The van der Waals surface area contributed by atoms with Gasteiger partial charge in [0.15, 0.2) is 0 Å². The van der Waals surface area contributed by atoms with Gasteiger partial charge in [0.1, 0.15) is 0 Å². The molecule has 2 atom stereocenters. The van der Waals surface area contributed by atoms with Gasteiger partial charge in [-0.15, -0.1) is 0 Å². The largest absolute Gasteiger partial charge is 0.300 e. The zero-order chi connectivity index (χ0) is 15.4. The van der Waals surface area contributed by atoms with E-state index in [9.17, 15) is 0 Å². The molecule has 0 aliphatic carbocycles. The summed E-state index contributed by atoms with van der Waals surface area (Å²) in [6.07, 6.45) is 2.28. The third-order valence-corrected chi connectivity index (χ3v) is 4.87. The van der Waals surface area contributed by atoms with Gasteiger partial charge in [-0.25, -0.2) is 0 Å². The van der Waals surface area contributed by atoms with E-state index in [1.807, 2.05) is 0 Å². The highest BCUT2D eigenvalue weighted by molar-refractivity contribution is 5.18. The molecule has 116 valence electrons. The van der Waals surface area contributed by atoms with Crippen LogP contribution in [0, 0.1) is 0 Å². The molecule has 0 aromatic heterocycles. The molecule has 0 radical (unpaired) electrons. The van der Waals surface area contributed by atoms with Crippen molar-refractivity contribution in [3.8, 4) is 0 Å². The SMILES string of the molecule is CN1C[C@@H](Cc2ccccc2)N(C)C[C@H]1Cc1ccccc1. The van der Waals surface area contributed by atoms with Crippen LogP contribution in [-0.4, -0.2) is 49.1 Å². The molecule has 3 rings (SSSR count). The Morgan fingerprint density at radius 3 is 1.41 bits per heavy atom. The molecule has 1 fully saturated rings. The van der Waals surface area contributed by atoms with Crippen molar-refractivity contribution in [2.24, 2.45) is 0 Å². The zero-order valence-corrected chi connectivity index (χ0v) is 13.7. The third-order valence-electron chi connectivity index (χ3n) is 4.87. The van der Waals surface area contributed by atoms with Crippen molar-refractivity contribution in [1.29, 1.82) is 0 Å².